The highest BCUT2D eigenvalue weighted by Crippen LogP contribution is 2.34. The fraction of sp³-hybridized carbons (Fsp3) is 0.909. The van der Waals surface area contributed by atoms with Gasteiger partial charge in [-0.05, 0) is 13.8 Å². The Morgan fingerprint density at radius 3 is 2.19 bits per heavy atom. The van der Waals surface area contributed by atoms with Gasteiger partial charge in [-0.15, -0.1) is 0 Å². The molecule has 0 aromatic rings. The molecular formula is C11H20O5. The molecule has 1 unspecified atom stereocenters. The molecule has 0 aliphatic heterocycles. The fourth-order valence-electron chi connectivity index (χ4n) is 1.74. The molecule has 0 bridgehead atoms. The van der Waals surface area contributed by atoms with Gasteiger partial charge in [0, 0.05) is 27.8 Å². The summed E-state index contributed by atoms with van der Waals surface area (Å²) in [6, 6.07) is 0. The lowest BCUT2D eigenvalue weighted by molar-refractivity contribution is -0.239. The smallest absolute Gasteiger partial charge is 0.177 e. The van der Waals surface area contributed by atoms with Crippen molar-refractivity contribution < 1.29 is 23.7 Å². The minimum atomic E-state index is -0.842. The molecule has 1 rings (SSSR count). The molecule has 1 aliphatic rings. The van der Waals surface area contributed by atoms with Crippen LogP contribution in [0.4, 0.5) is 0 Å². The van der Waals surface area contributed by atoms with Crippen LogP contribution < -0.4 is 0 Å². The Morgan fingerprint density at radius 2 is 1.81 bits per heavy atom. The molecular weight excluding hydrogens is 212 g/mol. The summed E-state index contributed by atoms with van der Waals surface area (Å²) in [7, 11) is 4.60. The molecule has 0 N–H and O–H groups in total. The minimum Gasteiger partial charge on any atom is -0.354 e. The second-order valence-electron chi connectivity index (χ2n) is 4.38. The molecule has 0 heterocycles. The zero-order chi connectivity index (χ0) is 12.4. The van der Waals surface area contributed by atoms with E-state index in [1.54, 1.807) is 21.0 Å². The van der Waals surface area contributed by atoms with Gasteiger partial charge in [0.15, 0.2) is 17.4 Å². The molecule has 0 spiro atoms. The molecule has 1 aliphatic carbocycles. The normalized spacial score (nSPS) is 25.1. The number of ketones is 1. The van der Waals surface area contributed by atoms with Gasteiger partial charge in [-0.2, -0.15) is 0 Å². The average molecular weight is 232 g/mol. The van der Waals surface area contributed by atoms with Crippen LogP contribution in [0.25, 0.3) is 0 Å². The summed E-state index contributed by atoms with van der Waals surface area (Å²) >= 11 is 0. The van der Waals surface area contributed by atoms with Gasteiger partial charge in [-0.3, -0.25) is 4.79 Å². The Labute approximate surface area is 96.0 Å². The highest BCUT2D eigenvalue weighted by atomic mass is 16.7. The van der Waals surface area contributed by atoms with E-state index in [9.17, 15) is 4.79 Å². The lowest BCUT2D eigenvalue weighted by atomic mass is 10.2. The third-order valence-electron chi connectivity index (χ3n) is 2.96. The number of rotatable bonds is 5. The maximum absolute atomic E-state index is 11.8. The molecule has 0 aromatic carbocycles. The monoisotopic (exact) mass is 232 g/mol. The van der Waals surface area contributed by atoms with Gasteiger partial charge in [0.25, 0.3) is 0 Å². The first kappa shape index (κ1) is 13.6. The lowest BCUT2D eigenvalue weighted by Gasteiger charge is -2.28. The van der Waals surface area contributed by atoms with Gasteiger partial charge in [0.1, 0.15) is 6.10 Å². The lowest BCUT2D eigenvalue weighted by Crippen LogP contribution is -2.36. The van der Waals surface area contributed by atoms with E-state index in [2.05, 4.69) is 0 Å². The minimum absolute atomic E-state index is 0.0196. The van der Waals surface area contributed by atoms with E-state index < -0.39 is 17.7 Å². The number of Topliss-reactive ketones (excluding diaryl/α,β-unsaturated/α-hetero) is 1. The predicted molar refractivity (Wildman–Crippen MR) is 57.0 cm³/mol. The second-order valence-corrected chi connectivity index (χ2v) is 4.38. The van der Waals surface area contributed by atoms with E-state index in [1.165, 1.54) is 14.2 Å². The van der Waals surface area contributed by atoms with E-state index in [0.29, 0.717) is 6.42 Å². The third kappa shape index (κ3) is 2.79. The van der Waals surface area contributed by atoms with Crippen LogP contribution in [0.1, 0.15) is 26.7 Å². The molecule has 1 fully saturated rings. The molecule has 1 atom stereocenters. The standard InChI is InChI=1S/C11H20O5/c1-10(2,13-3)16-9-7-11(14-4,15-5)6-8(9)12/h9H,6-7H2,1-5H3. The number of carbonyl (C=O) groups is 1. The summed E-state index contributed by atoms with van der Waals surface area (Å²) in [5, 5.41) is 0. The van der Waals surface area contributed by atoms with Crippen LogP contribution in [0, 0.1) is 0 Å². The number of carbonyl (C=O) groups excluding carboxylic acids is 1. The van der Waals surface area contributed by atoms with Crippen molar-refractivity contribution in [2.24, 2.45) is 0 Å². The van der Waals surface area contributed by atoms with Gasteiger partial charge >= 0.3 is 0 Å². The van der Waals surface area contributed by atoms with Gasteiger partial charge in [0.05, 0.1) is 6.42 Å². The molecule has 0 saturated heterocycles. The maximum atomic E-state index is 11.8. The first-order valence-corrected chi connectivity index (χ1v) is 5.24. The summed E-state index contributed by atoms with van der Waals surface area (Å²) in [5.41, 5.74) is 0. The average Bonchev–Trinajstić information content (AvgIpc) is 2.56. The van der Waals surface area contributed by atoms with Crippen LogP contribution >= 0.6 is 0 Å². The first-order valence-electron chi connectivity index (χ1n) is 5.24. The van der Waals surface area contributed by atoms with E-state index >= 15 is 0 Å². The molecule has 5 heteroatoms. The predicted octanol–water partition coefficient (Wildman–Crippen LogP) is 1.11. The highest BCUT2D eigenvalue weighted by Gasteiger charge is 2.47. The van der Waals surface area contributed by atoms with Crippen molar-refractivity contribution in [1.29, 1.82) is 0 Å². The van der Waals surface area contributed by atoms with Crippen LogP contribution in [0.5, 0.6) is 0 Å². The Kier molecular flexibility index (Phi) is 4.07. The van der Waals surface area contributed by atoms with E-state index in [1.807, 2.05) is 0 Å². The van der Waals surface area contributed by atoms with Crippen molar-refractivity contribution in [2.45, 2.75) is 44.4 Å². The molecule has 0 amide bonds. The van der Waals surface area contributed by atoms with Crippen LogP contribution in [-0.4, -0.2) is 44.8 Å². The molecule has 1 saturated carbocycles. The molecule has 5 nitrogen and oxygen atoms in total. The van der Waals surface area contributed by atoms with E-state index in [-0.39, 0.29) is 12.2 Å². The number of hydrogen-bond acceptors (Lipinski definition) is 5. The van der Waals surface area contributed by atoms with Crippen molar-refractivity contribution in [1.82, 2.24) is 0 Å². The van der Waals surface area contributed by atoms with Gasteiger partial charge in [-0.25, -0.2) is 0 Å². The van der Waals surface area contributed by atoms with Crippen molar-refractivity contribution in [2.75, 3.05) is 21.3 Å². The van der Waals surface area contributed by atoms with Crippen molar-refractivity contribution in [3.8, 4) is 0 Å². The van der Waals surface area contributed by atoms with Gasteiger partial charge in [0.2, 0.25) is 0 Å². The van der Waals surface area contributed by atoms with Crippen molar-refractivity contribution in [3.63, 3.8) is 0 Å². The van der Waals surface area contributed by atoms with Gasteiger partial charge in [-0.1, -0.05) is 0 Å². The molecule has 16 heavy (non-hydrogen) atoms. The zero-order valence-corrected chi connectivity index (χ0v) is 10.5. The Bertz CT molecular complexity index is 257. The van der Waals surface area contributed by atoms with Crippen LogP contribution in [0.15, 0.2) is 0 Å². The van der Waals surface area contributed by atoms with Crippen LogP contribution in [-0.2, 0) is 23.7 Å². The number of methoxy groups -OCH3 is 3. The first-order chi connectivity index (χ1) is 7.38. The summed E-state index contributed by atoms with van der Waals surface area (Å²) in [6.45, 7) is 3.53. The fourth-order valence-corrected chi connectivity index (χ4v) is 1.74. The Balaban J connectivity index is 2.68. The van der Waals surface area contributed by atoms with E-state index in [0.717, 1.165) is 0 Å². The maximum Gasteiger partial charge on any atom is 0.177 e. The summed E-state index contributed by atoms with van der Waals surface area (Å²) in [4.78, 5) is 11.8. The highest BCUT2D eigenvalue weighted by molar-refractivity contribution is 5.86. The van der Waals surface area contributed by atoms with Crippen LogP contribution in [0.2, 0.25) is 0 Å². The summed E-state index contributed by atoms with van der Waals surface area (Å²) in [5.74, 6) is -1.64. The van der Waals surface area contributed by atoms with Crippen molar-refractivity contribution in [3.05, 3.63) is 0 Å². The topological polar surface area (TPSA) is 54.0 Å². The Morgan fingerprint density at radius 1 is 1.25 bits per heavy atom. The van der Waals surface area contributed by atoms with Crippen molar-refractivity contribution >= 4 is 5.78 Å². The largest absolute Gasteiger partial charge is 0.354 e. The summed E-state index contributed by atoms with van der Waals surface area (Å²) < 4.78 is 21.2. The Hall–Kier alpha value is -0.490. The SMILES string of the molecule is COC(C)(C)OC1CC(OC)(OC)CC1=O. The number of ether oxygens (including phenoxy) is 4. The second kappa shape index (κ2) is 4.79. The molecule has 0 aromatic heterocycles. The molecule has 0 radical (unpaired) electrons. The van der Waals surface area contributed by atoms with Crippen LogP contribution in [0.3, 0.4) is 0 Å². The third-order valence-corrected chi connectivity index (χ3v) is 2.96. The zero-order valence-electron chi connectivity index (χ0n) is 10.5. The van der Waals surface area contributed by atoms with E-state index in [4.69, 9.17) is 18.9 Å². The number of hydrogen-bond donors (Lipinski definition) is 0. The van der Waals surface area contributed by atoms with Gasteiger partial charge < -0.3 is 18.9 Å². The molecule has 94 valence electrons. The summed E-state index contributed by atoms with van der Waals surface area (Å²) in [6.07, 6.45) is 0.0747. The quantitative estimate of drug-likeness (QED) is 0.664.